The molecule has 2 aromatic rings. The summed E-state index contributed by atoms with van der Waals surface area (Å²) in [7, 11) is 0. The second kappa shape index (κ2) is 6.26. The summed E-state index contributed by atoms with van der Waals surface area (Å²) in [6.45, 7) is 0. The molecule has 0 saturated carbocycles. The number of benzene rings is 1. The van der Waals surface area contributed by atoms with Gasteiger partial charge in [-0.1, -0.05) is 29.8 Å². The average Bonchev–Trinajstić information content (AvgIpc) is 2.41. The lowest BCUT2D eigenvalue weighted by atomic mass is 10.0. The molecule has 0 amide bonds. The van der Waals surface area contributed by atoms with Crippen LogP contribution in [0.15, 0.2) is 42.7 Å². The molecular weight excluding hydrogens is 303 g/mol. The molecule has 0 bridgehead atoms. The molecule has 1 aromatic heterocycles. The summed E-state index contributed by atoms with van der Waals surface area (Å²) < 4.78 is 37.8. The average molecular weight is 314 g/mol. The van der Waals surface area contributed by atoms with E-state index in [1.807, 2.05) is 0 Å². The first-order chi connectivity index (χ1) is 9.86. The van der Waals surface area contributed by atoms with Gasteiger partial charge < -0.3 is 0 Å². The number of alkyl halides is 3. The van der Waals surface area contributed by atoms with Gasteiger partial charge in [-0.2, -0.15) is 13.2 Å². The Hall–Kier alpha value is -1.88. The van der Waals surface area contributed by atoms with E-state index in [9.17, 15) is 18.0 Å². The number of halogens is 4. The van der Waals surface area contributed by atoms with Crippen molar-refractivity contribution in [3.63, 3.8) is 0 Å². The number of hydrogen-bond acceptors (Lipinski definition) is 2. The molecule has 0 fully saturated rings. The van der Waals surface area contributed by atoms with E-state index in [0.717, 1.165) is 12.1 Å². The van der Waals surface area contributed by atoms with E-state index < -0.39 is 11.7 Å². The van der Waals surface area contributed by atoms with E-state index in [0.29, 0.717) is 16.1 Å². The number of aromatic nitrogens is 1. The molecule has 0 atom stereocenters. The molecule has 6 heteroatoms. The van der Waals surface area contributed by atoms with Crippen LogP contribution in [0.2, 0.25) is 5.02 Å². The molecule has 2 rings (SSSR count). The highest BCUT2D eigenvalue weighted by molar-refractivity contribution is 6.31. The summed E-state index contributed by atoms with van der Waals surface area (Å²) >= 11 is 5.89. The van der Waals surface area contributed by atoms with Crippen LogP contribution in [-0.2, 0) is 23.8 Å². The second-order valence-corrected chi connectivity index (χ2v) is 4.96. The van der Waals surface area contributed by atoms with Gasteiger partial charge in [-0.25, -0.2) is 0 Å². The minimum Gasteiger partial charge on any atom is -0.299 e. The first-order valence-electron chi connectivity index (χ1n) is 6.12. The van der Waals surface area contributed by atoms with Crippen LogP contribution in [0, 0.1) is 0 Å². The molecule has 0 aliphatic rings. The van der Waals surface area contributed by atoms with Gasteiger partial charge in [-0.15, -0.1) is 0 Å². The Morgan fingerprint density at radius 3 is 2.62 bits per heavy atom. The fraction of sp³-hybridized carbons (Fsp3) is 0.200. The molecule has 0 aliphatic heterocycles. The summed E-state index contributed by atoms with van der Waals surface area (Å²) in [5.74, 6) is -0.206. The van der Waals surface area contributed by atoms with Crippen molar-refractivity contribution >= 4 is 17.4 Å². The van der Waals surface area contributed by atoms with Crippen molar-refractivity contribution in [2.75, 3.05) is 0 Å². The molecule has 0 radical (unpaired) electrons. The van der Waals surface area contributed by atoms with Crippen molar-refractivity contribution in [1.29, 1.82) is 0 Å². The van der Waals surface area contributed by atoms with Gasteiger partial charge in [0, 0.05) is 25.2 Å². The highest BCUT2D eigenvalue weighted by Crippen LogP contribution is 2.29. The summed E-state index contributed by atoms with van der Waals surface area (Å²) in [5, 5.41) is 0.370. The molecule has 0 aliphatic carbocycles. The van der Waals surface area contributed by atoms with Gasteiger partial charge in [0.05, 0.1) is 10.6 Å². The molecule has 2 nitrogen and oxygen atoms in total. The minimum atomic E-state index is -4.41. The van der Waals surface area contributed by atoms with Crippen molar-refractivity contribution in [3.05, 3.63) is 64.4 Å². The van der Waals surface area contributed by atoms with Gasteiger partial charge in [0.2, 0.25) is 0 Å². The van der Waals surface area contributed by atoms with Crippen LogP contribution >= 0.6 is 11.6 Å². The highest BCUT2D eigenvalue weighted by Gasteiger charge is 2.30. The summed E-state index contributed by atoms with van der Waals surface area (Å²) in [6.07, 6.45) is -1.47. The molecule has 0 saturated heterocycles. The minimum absolute atomic E-state index is 0.0669. The molecule has 1 heterocycles. The smallest absolute Gasteiger partial charge is 0.299 e. The van der Waals surface area contributed by atoms with E-state index in [1.165, 1.54) is 24.5 Å². The van der Waals surface area contributed by atoms with Gasteiger partial charge >= 0.3 is 6.18 Å². The van der Waals surface area contributed by atoms with Crippen LogP contribution in [0.3, 0.4) is 0 Å². The number of pyridine rings is 1. The standard InChI is InChI=1S/C15H11ClF3NO/c16-14-9-20-5-4-11(14)8-13(21)7-10-2-1-3-12(6-10)15(17,18)19/h1-6,9H,7-8H2. The maximum Gasteiger partial charge on any atom is 0.416 e. The predicted molar refractivity (Wildman–Crippen MR) is 73.1 cm³/mol. The maximum atomic E-state index is 12.6. The van der Waals surface area contributed by atoms with E-state index >= 15 is 0 Å². The van der Waals surface area contributed by atoms with Crippen LogP contribution in [0.25, 0.3) is 0 Å². The Kier molecular flexibility index (Phi) is 4.63. The summed E-state index contributed by atoms with van der Waals surface area (Å²) in [6, 6.07) is 6.39. The fourth-order valence-corrected chi connectivity index (χ4v) is 2.09. The number of ketones is 1. The van der Waals surface area contributed by atoms with Gasteiger partial charge in [-0.3, -0.25) is 9.78 Å². The maximum absolute atomic E-state index is 12.6. The third-order valence-electron chi connectivity index (χ3n) is 2.90. The van der Waals surface area contributed by atoms with Crippen molar-refractivity contribution in [2.24, 2.45) is 0 Å². The number of rotatable bonds is 4. The third-order valence-corrected chi connectivity index (χ3v) is 3.24. The first kappa shape index (κ1) is 15.5. The highest BCUT2D eigenvalue weighted by atomic mass is 35.5. The van der Waals surface area contributed by atoms with Gasteiger partial charge in [-0.05, 0) is 23.3 Å². The normalized spacial score (nSPS) is 11.4. The number of nitrogens with zero attached hydrogens (tertiary/aromatic N) is 1. The van der Waals surface area contributed by atoms with Crippen LogP contribution in [0.4, 0.5) is 13.2 Å². The van der Waals surface area contributed by atoms with Crippen LogP contribution in [0.1, 0.15) is 16.7 Å². The quantitative estimate of drug-likeness (QED) is 0.850. The number of Topliss-reactive ketones (excluding diaryl/α,β-unsaturated/α-hetero) is 1. The predicted octanol–water partition coefficient (Wildman–Crippen LogP) is 4.11. The number of carbonyl (C=O) groups excluding carboxylic acids is 1. The zero-order chi connectivity index (χ0) is 15.5. The van der Waals surface area contributed by atoms with Crippen molar-refractivity contribution in [2.45, 2.75) is 19.0 Å². The van der Waals surface area contributed by atoms with E-state index in [4.69, 9.17) is 11.6 Å². The van der Waals surface area contributed by atoms with Crippen molar-refractivity contribution in [3.8, 4) is 0 Å². The number of carbonyl (C=O) groups is 1. The third kappa shape index (κ3) is 4.29. The zero-order valence-corrected chi connectivity index (χ0v) is 11.6. The van der Waals surface area contributed by atoms with Crippen LogP contribution in [0.5, 0.6) is 0 Å². The largest absolute Gasteiger partial charge is 0.416 e. The van der Waals surface area contributed by atoms with Crippen molar-refractivity contribution < 1.29 is 18.0 Å². The Morgan fingerprint density at radius 1 is 1.19 bits per heavy atom. The molecule has 0 N–H and O–H groups in total. The Labute approximate surface area is 124 Å². The molecule has 1 aromatic carbocycles. The van der Waals surface area contributed by atoms with Crippen LogP contribution < -0.4 is 0 Å². The van der Waals surface area contributed by atoms with E-state index in [2.05, 4.69) is 4.98 Å². The lowest BCUT2D eigenvalue weighted by Gasteiger charge is -2.08. The zero-order valence-electron chi connectivity index (χ0n) is 10.8. The van der Waals surface area contributed by atoms with E-state index in [-0.39, 0.29) is 18.6 Å². The second-order valence-electron chi connectivity index (χ2n) is 4.56. The van der Waals surface area contributed by atoms with Gasteiger partial charge in [0.1, 0.15) is 5.78 Å². The van der Waals surface area contributed by atoms with Gasteiger partial charge in [0.25, 0.3) is 0 Å². The fourth-order valence-electron chi connectivity index (χ4n) is 1.91. The monoisotopic (exact) mass is 313 g/mol. The lowest BCUT2D eigenvalue weighted by molar-refractivity contribution is -0.137. The summed E-state index contributed by atoms with van der Waals surface area (Å²) in [4.78, 5) is 15.7. The Morgan fingerprint density at radius 2 is 1.95 bits per heavy atom. The Bertz CT molecular complexity index is 655. The topological polar surface area (TPSA) is 30.0 Å². The van der Waals surface area contributed by atoms with Gasteiger partial charge in [0.15, 0.2) is 0 Å². The first-order valence-corrected chi connectivity index (χ1v) is 6.50. The molecule has 110 valence electrons. The Balaban J connectivity index is 2.08. The van der Waals surface area contributed by atoms with Crippen molar-refractivity contribution in [1.82, 2.24) is 4.98 Å². The molecule has 0 spiro atoms. The van der Waals surface area contributed by atoms with Crippen LogP contribution in [-0.4, -0.2) is 10.8 Å². The molecule has 0 unspecified atom stereocenters. The molecule has 21 heavy (non-hydrogen) atoms. The lowest BCUT2D eigenvalue weighted by Crippen LogP contribution is -2.09. The summed E-state index contributed by atoms with van der Waals surface area (Å²) in [5.41, 5.74) is 0.193. The van der Waals surface area contributed by atoms with E-state index in [1.54, 1.807) is 6.07 Å². The SMILES string of the molecule is O=C(Cc1cccc(C(F)(F)F)c1)Cc1ccncc1Cl. The number of hydrogen-bond donors (Lipinski definition) is 0. The molecular formula is C15H11ClF3NO.